The van der Waals surface area contributed by atoms with Gasteiger partial charge in [0.2, 0.25) is 0 Å². The predicted octanol–water partition coefficient (Wildman–Crippen LogP) is 3.85. The number of phenolic OH excluding ortho intramolecular Hbond substituents is 1. The molecule has 20 heavy (non-hydrogen) atoms. The third-order valence-electron chi connectivity index (χ3n) is 3.00. The van der Waals surface area contributed by atoms with Crippen molar-refractivity contribution in [2.75, 3.05) is 6.61 Å². The molecular weight excluding hydrogens is 299 g/mol. The lowest BCUT2D eigenvalue weighted by Gasteiger charge is -2.15. The summed E-state index contributed by atoms with van der Waals surface area (Å²) in [5.74, 6) is -1.30. The lowest BCUT2D eigenvalue weighted by atomic mass is 10.2. The minimum atomic E-state index is -1.13. The molecule has 7 heteroatoms. The largest absolute Gasteiger partial charge is 0.504 e. The van der Waals surface area contributed by atoms with Gasteiger partial charge in [-0.3, -0.25) is 0 Å². The zero-order chi connectivity index (χ0) is 14.9. The number of aromatic hydroxyl groups is 1. The van der Waals surface area contributed by atoms with Crippen LogP contribution >= 0.6 is 11.6 Å². The van der Waals surface area contributed by atoms with Crippen LogP contribution in [0, 0.1) is 5.82 Å². The van der Waals surface area contributed by atoms with E-state index in [1.54, 1.807) is 0 Å². The van der Waals surface area contributed by atoms with E-state index in [2.05, 4.69) is 24.7 Å². The Morgan fingerprint density at radius 2 is 2.15 bits per heavy atom. The topological polar surface area (TPSA) is 47.3 Å². The highest BCUT2D eigenvalue weighted by molar-refractivity contribution is 6.76. The molecule has 0 spiro atoms. The molecule has 0 saturated heterocycles. The monoisotopic (exact) mass is 316 g/mol. The number of phenols is 1. The van der Waals surface area contributed by atoms with E-state index < -0.39 is 19.6 Å². The van der Waals surface area contributed by atoms with Gasteiger partial charge in [0, 0.05) is 20.1 Å². The van der Waals surface area contributed by atoms with E-state index in [1.165, 1.54) is 16.9 Å². The second kappa shape index (κ2) is 5.71. The Hall–Kier alpha value is -1.11. The minimum absolute atomic E-state index is 0.0358. The van der Waals surface area contributed by atoms with Crippen molar-refractivity contribution in [1.82, 2.24) is 9.78 Å². The Kier molecular flexibility index (Phi) is 4.36. The van der Waals surface area contributed by atoms with Gasteiger partial charge in [0.25, 0.3) is 0 Å². The number of fused-ring (bicyclic) bond motifs is 1. The summed E-state index contributed by atoms with van der Waals surface area (Å²) in [5.41, 5.74) is 0.485. The smallest absolute Gasteiger partial charge is 0.172 e. The highest BCUT2D eigenvalue weighted by atomic mass is 35.5. The van der Waals surface area contributed by atoms with Crippen LogP contribution in [0.3, 0.4) is 0 Å². The van der Waals surface area contributed by atoms with Crippen LogP contribution in [0.5, 0.6) is 5.75 Å². The number of benzene rings is 1. The molecule has 1 N–H and O–H groups in total. The van der Waals surface area contributed by atoms with Crippen LogP contribution in [0.2, 0.25) is 30.7 Å². The summed E-state index contributed by atoms with van der Waals surface area (Å²) >= 11 is 5.96. The zero-order valence-electron chi connectivity index (χ0n) is 11.8. The third kappa shape index (κ3) is 3.31. The molecule has 1 heterocycles. The lowest BCUT2D eigenvalue weighted by Crippen LogP contribution is -2.22. The molecule has 4 nitrogen and oxygen atoms in total. The number of ether oxygens (including phenoxy) is 1. The molecule has 0 aliphatic carbocycles. The van der Waals surface area contributed by atoms with E-state index in [-0.39, 0.29) is 11.8 Å². The molecule has 0 fully saturated rings. The molecule has 0 aliphatic heterocycles. The molecule has 0 amide bonds. The SMILES string of the molecule is C[Si](C)(C)CCOCn1ncc2cc(F)c(O)c(Cl)c21. The first-order chi connectivity index (χ1) is 9.29. The van der Waals surface area contributed by atoms with Gasteiger partial charge in [-0.2, -0.15) is 5.10 Å². The molecule has 0 atom stereocenters. The van der Waals surface area contributed by atoms with Gasteiger partial charge in [0.1, 0.15) is 11.8 Å². The maximum absolute atomic E-state index is 13.4. The fraction of sp³-hybridized carbons (Fsp3) is 0.462. The molecule has 110 valence electrons. The lowest BCUT2D eigenvalue weighted by molar-refractivity contribution is 0.0817. The maximum Gasteiger partial charge on any atom is 0.172 e. The number of hydrogen-bond acceptors (Lipinski definition) is 3. The van der Waals surface area contributed by atoms with Crippen LogP contribution < -0.4 is 0 Å². The molecule has 0 saturated carbocycles. The summed E-state index contributed by atoms with van der Waals surface area (Å²) in [4.78, 5) is 0. The fourth-order valence-electron chi connectivity index (χ4n) is 1.79. The Bertz CT molecular complexity index is 625. The summed E-state index contributed by atoms with van der Waals surface area (Å²) in [7, 11) is -1.13. The summed E-state index contributed by atoms with van der Waals surface area (Å²) in [6.07, 6.45) is 1.51. The van der Waals surface area contributed by atoms with Gasteiger partial charge in [-0.15, -0.1) is 0 Å². The summed E-state index contributed by atoms with van der Waals surface area (Å²) in [6, 6.07) is 2.27. The van der Waals surface area contributed by atoms with Crippen LogP contribution in [-0.4, -0.2) is 29.6 Å². The van der Waals surface area contributed by atoms with Crippen molar-refractivity contribution in [1.29, 1.82) is 0 Å². The average molecular weight is 317 g/mol. The Labute approximate surface area is 123 Å². The normalized spacial score (nSPS) is 12.2. The predicted molar refractivity (Wildman–Crippen MR) is 80.5 cm³/mol. The van der Waals surface area contributed by atoms with Crippen molar-refractivity contribution < 1.29 is 14.2 Å². The number of nitrogens with zero attached hydrogens (tertiary/aromatic N) is 2. The van der Waals surface area contributed by atoms with Crippen LogP contribution in [-0.2, 0) is 11.5 Å². The molecule has 0 bridgehead atoms. The Morgan fingerprint density at radius 1 is 1.45 bits per heavy atom. The number of halogens is 2. The van der Waals surface area contributed by atoms with Crippen LogP contribution in [0.25, 0.3) is 10.9 Å². The van der Waals surface area contributed by atoms with Crippen molar-refractivity contribution in [3.63, 3.8) is 0 Å². The van der Waals surface area contributed by atoms with E-state index >= 15 is 0 Å². The van der Waals surface area contributed by atoms with Gasteiger partial charge >= 0.3 is 0 Å². The van der Waals surface area contributed by atoms with Crippen molar-refractivity contribution in [3.05, 3.63) is 23.1 Å². The first kappa shape index (κ1) is 15.3. The van der Waals surface area contributed by atoms with Gasteiger partial charge in [0.05, 0.1) is 11.7 Å². The number of hydrogen-bond donors (Lipinski definition) is 1. The molecule has 0 unspecified atom stereocenters. The van der Waals surface area contributed by atoms with Gasteiger partial charge in [0.15, 0.2) is 11.6 Å². The standard InChI is InChI=1S/C13H18ClFN2O2Si/c1-20(2,3)5-4-19-8-17-12-9(7-16-17)6-10(15)13(18)11(12)14/h6-7,18H,4-5,8H2,1-3H3. The van der Waals surface area contributed by atoms with E-state index in [4.69, 9.17) is 16.3 Å². The molecule has 0 aliphatic rings. The highest BCUT2D eigenvalue weighted by Crippen LogP contribution is 2.34. The molecule has 2 rings (SSSR count). The van der Waals surface area contributed by atoms with Gasteiger partial charge in [-0.1, -0.05) is 31.2 Å². The molecular formula is C13H18ClFN2O2Si. The molecule has 1 aromatic heterocycles. The van der Waals surface area contributed by atoms with E-state index in [1.807, 2.05) is 0 Å². The zero-order valence-corrected chi connectivity index (χ0v) is 13.5. The van der Waals surface area contributed by atoms with Gasteiger partial charge < -0.3 is 9.84 Å². The summed E-state index contributed by atoms with van der Waals surface area (Å²) < 4.78 is 20.5. The average Bonchev–Trinajstić information content (AvgIpc) is 2.74. The van der Waals surface area contributed by atoms with E-state index in [9.17, 15) is 9.50 Å². The van der Waals surface area contributed by atoms with Crippen molar-refractivity contribution >= 4 is 30.6 Å². The van der Waals surface area contributed by atoms with E-state index in [0.29, 0.717) is 17.5 Å². The second-order valence-corrected chi connectivity index (χ2v) is 12.0. The van der Waals surface area contributed by atoms with Crippen LogP contribution in [0.15, 0.2) is 12.3 Å². The highest BCUT2D eigenvalue weighted by Gasteiger charge is 2.16. The summed E-state index contributed by atoms with van der Waals surface area (Å²) in [6.45, 7) is 7.71. The number of rotatable bonds is 5. The number of aromatic nitrogens is 2. The van der Waals surface area contributed by atoms with Crippen LogP contribution in [0.1, 0.15) is 0 Å². The minimum Gasteiger partial charge on any atom is -0.504 e. The maximum atomic E-state index is 13.4. The fourth-order valence-corrected chi connectivity index (χ4v) is 2.85. The second-order valence-electron chi connectivity index (χ2n) is 5.95. The van der Waals surface area contributed by atoms with Gasteiger partial charge in [-0.25, -0.2) is 9.07 Å². The Balaban J connectivity index is 2.14. The molecule has 0 radical (unpaired) electrons. The first-order valence-corrected chi connectivity index (χ1v) is 10.5. The van der Waals surface area contributed by atoms with Crippen LogP contribution in [0.4, 0.5) is 4.39 Å². The third-order valence-corrected chi connectivity index (χ3v) is 5.06. The van der Waals surface area contributed by atoms with Gasteiger partial charge in [-0.05, 0) is 12.1 Å². The van der Waals surface area contributed by atoms with Crippen molar-refractivity contribution in [3.8, 4) is 5.75 Å². The van der Waals surface area contributed by atoms with Crippen molar-refractivity contribution in [2.45, 2.75) is 32.4 Å². The van der Waals surface area contributed by atoms with Crippen molar-refractivity contribution in [2.24, 2.45) is 0 Å². The Morgan fingerprint density at radius 3 is 2.80 bits per heavy atom. The molecule has 2 aromatic rings. The molecule has 1 aromatic carbocycles. The van der Waals surface area contributed by atoms with E-state index in [0.717, 1.165) is 6.04 Å². The first-order valence-electron chi connectivity index (χ1n) is 6.40. The quantitative estimate of drug-likeness (QED) is 0.673. The summed E-state index contributed by atoms with van der Waals surface area (Å²) in [5, 5.41) is 14.2.